The quantitative estimate of drug-likeness (QED) is 0.758. The first kappa shape index (κ1) is 15.7. The van der Waals surface area contributed by atoms with Gasteiger partial charge in [-0.1, -0.05) is 53.5 Å². The Morgan fingerprint density at radius 3 is 2.55 bits per heavy atom. The lowest BCUT2D eigenvalue weighted by atomic mass is 10.1. The molecule has 3 rings (SSSR count). The molecule has 2 aromatic rings. The number of hydrogen-bond donors (Lipinski definition) is 1. The molecule has 1 aliphatic carbocycles. The van der Waals surface area contributed by atoms with E-state index in [1.54, 1.807) is 18.2 Å². The van der Waals surface area contributed by atoms with Gasteiger partial charge in [0.05, 0.1) is 5.02 Å². The number of halogens is 2. The van der Waals surface area contributed by atoms with Crippen molar-refractivity contribution in [3.8, 4) is 0 Å². The van der Waals surface area contributed by atoms with Gasteiger partial charge in [-0.2, -0.15) is 0 Å². The molecule has 0 heterocycles. The molecule has 0 bridgehead atoms. The first-order valence-corrected chi connectivity index (χ1v) is 8.74. The van der Waals surface area contributed by atoms with Crippen LogP contribution in [0.1, 0.15) is 23.7 Å². The molecule has 0 saturated heterocycles. The van der Waals surface area contributed by atoms with Gasteiger partial charge < -0.3 is 5.32 Å². The van der Waals surface area contributed by atoms with Gasteiger partial charge in [0.1, 0.15) is 5.25 Å². The molecule has 1 saturated carbocycles. The van der Waals surface area contributed by atoms with Crippen molar-refractivity contribution in [1.29, 1.82) is 0 Å². The maximum absolute atomic E-state index is 12.6. The Morgan fingerprint density at radius 1 is 1.14 bits per heavy atom. The first-order valence-electron chi connectivity index (χ1n) is 7.10. The number of amides is 1. The molecule has 0 spiro atoms. The van der Waals surface area contributed by atoms with Gasteiger partial charge in [-0.3, -0.25) is 4.79 Å². The smallest absolute Gasteiger partial charge is 0.238 e. The van der Waals surface area contributed by atoms with Crippen LogP contribution in [0.2, 0.25) is 10.0 Å². The monoisotopic (exact) mass is 351 g/mol. The topological polar surface area (TPSA) is 29.1 Å². The summed E-state index contributed by atoms with van der Waals surface area (Å²) < 4.78 is 0. The lowest BCUT2D eigenvalue weighted by Gasteiger charge is -2.17. The van der Waals surface area contributed by atoms with E-state index in [0.717, 1.165) is 23.3 Å². The fourth-order valence-corrected chi connectivity index (χ4v) is 3.69. The van der Waals surface area contributed by atoms with Crippen LogP contribution in [-0.4, -0.2) is 11.9 Å². The number of benzene rings is 2. The molecule has 0 aromatic heterocycles. The third kappa shape index (κ3) is 3.97. The Kier molecular flexibility index (Phi) is 4.97. The summed E-state index contributed by atoms with van der Waals surface area (Å²) in [6.07, 6.45) is 2.13. The Hall–Kier alpha value is -1.16. The molecular weight excluding hydrogens is 337 g/mol. The van der Waals surface area contributed by atoms with E-state index in [1.807, 2.05) is 30.3 Å². The highest BCUT2D eigenvalue weighted by Crippen LogP contribution is 2.40. The predicted molar refractivity (Wildman–Crippen MR) is 92.7 cm³/mol. The minimum absolute atomic E-state index is 0.0229. The van der Waals surface area contributed by atoms with Crippen LogP contribution < -0.4 is 5.32 Å². The molecule has 0 radical (unpaired) electrons. The van der Waals surface area contributed by atoms with E-state index in [1.165, 1.54) is 11.8 Å². The summed E-state index contributed by atoms with van der Waals surface area (Å²) in [5.41, 5.74) is 0.960. The summed E-state index contributed by atoms with van der Waals surface area (Å²) in [5, 5.41) is 3.95. The van der Waals surface area contributed by atoms with Gasteiger partial charge in [-0.25, -0.2) is 0 Å². The summed E-state index contributed by atoms with van der Waals surface area (Å²) in [7, 11) is 0. The van der Waals surface area contributed by atoms with Gasteiger partial charge in [0.15, 0.2) is 0 Å². The second kappa shape index (κ2) is 6.95. The molecule has 0 unspecified atom stereocenters. The molecule has 2 nitrogen and oxygen atoms in total. The largest absolute Gasteiger partial charge is 0.352 e. The van der Waals surface area contributed by atoms with Crippen LogP contribution in [0.3, 0.4) is 0 Å². The van der Waals surface area contributed by atoms with E-state index in [-0.39, 0.29) is 11.2 Å². The molecule has 2 aromatic carbocycles. The van der Waals surface area contributed by atoms with Crippen molar-refractivity contribution >= 4 is 40.9 Å². The summed E-state index contributed by atoms with van der Waals surface area (Å²) in [5.74, 6) is 0.0229. The van der Waals surface area contributed by atoms with Crippen molar-refractivity contribution < 1.29 is 4.79 Å². The average Bonchev–Trinajstić information content (AvgIpc) is 3.33. The zero-order chi connectivity index (χ0) is 15.5. The van der Waals surface area contributed by atoms with E-state index < -0.39 is 0 Å². The van der Waals surface area contributed by atoms with Crippen molar-refractivity contribution in [2.24, 2.45) is 0 Å². The van der Waals surface area contributed by atoms with E-state index in [4.69, 9.17) is 23.2 Å². The van der Waals surface area contributed by atoms with E-state index >= 15 is 0 Å². The van der Waals surface area contributed by atoms with Crippen LogP contribution in [0.5, 0.6) is 0 Å². The second-order valence-electron chi connectivity index (χ2n) is 5.27. The third-order valence-electron chi connectivity index (χ3n) is 3.40. The van der Waals surface area contributed by atoms with Gasteiger partial charge in [-0.15, -0.1) is 11.8 Å². The van der Waals surface area contributed by atoms with Crippen LogP contribution in [-0.2, 0) is 4.79 Å². The molecule has 0 aliphatic heterocycles. The maximum Gasteiger partial charge on any atom is 0.238 e. The minimum atomic E-state index is -0.335. The summed E-state index contributed by atoms with van der Waals surface area (Å²) in [4.78, 5) is 13.4. The lowest BCUT2D eigenvalue weighted by Crippen LogP contribution is -2.29. The van der Waals surface area contributed by atoms with Crippen LogP contribution in [0.15, 0.2) is 53.4 Å². The number of carbonyl (C=O) groups excluding carboxylic acids is 1. The molecule has 1 atom stereocenters. The van der Waals surface area contributed by atoms with Gasteiger partial charge >= 0.3 is 0 Å². The maximum atomic E-state index is 12.6. The summed E-state index contributed by atoms with van der Waals surface area (Å²) >= 11 is 13.7. The van der Waals surface area contributed by atoms with Crippen LogP contribution in [0.25, 0.3) is 0 Å². The van der Waals surface area contributed by atoms with Gasteiger partial charge in [0, 0.05) is 16.0 Å². The fraction of sp³-hybridized carbons (Fsp3) is 0.235. The molecule has 1 aliphatic rings. The third-order valence-corrected chi connectivity index (χ3v) is 5.39. The fourth-order valence-electron chi connectivity index (χ4n) is 2.10. The van der Waals surface area contributed by atoms with Crippen molar-refractivity contribution in [1.82, 2.24) is 5.32 Å². The van der Waals surface area contributed by atoms with Crippen LogP contribution in [0.4, 0.5) is 0 Å². The Morgan fingerprint density at radius 2 is 1.86 bits per heavy atom. The number of carbonyl (C=O) groups is 1. The second-order valence-corrected chi connectivity index (χ2v) is 7.26. The summed E-state index contributed by atoms with van der Waals surface area (Å²) in [6.45, 7) is 0. The molecule has 22 heavy (non-hydrogen) atoms. The number of nitrogens with one attached hydrogen (secondary N) is 1. The Balaban J connectivity index is 1.87. The highest BCUT2D eigenvalue weighted by molar-refractivity contribution is 8.00. The van der Waals surface area contributed by atoms with Crippen LogP contribution in [0, 0.1) is 0 Å². The Bertz CT molecular complexity index is 674. The van der Waals surface area contributed by atoms with Gasteiger partial charge in [0.25, 0.3) is 0 Å². The molecular formula is C17H15Cl2NOS. The Labute approximate surface area is 144 Å². The molecule has 114 valence electrons. The lowest BCUT2D eigenvalue weighted by molar-refractivity contribution is -0.120. The van der Waals surface area contributed by atoms with Crippen LogP contribution >= 0.6 is 35.0 Å². The minimum Gasteiger partial charge on any atom is -0.352 e. The van der Waals surface area contributed by atoms with Gasteiger partial charge in [-0.05, 0) is 36.6 Å². The highest BCUT2D eigenvalue weighted by atomic mass is 35.5. The molecule has 1 fully saturated rings. The van der Waals surface area contributed by atoms with E-state index in [9.17, 15) is 4.79 Å². The average molecular weight is 352 g/mol. The van der Waals surface area contributed by atoms with E-state index in [0.29, 0.717) is 16.1 Å². The standard InChI is InChI=1S/C17H15Cl2NOS/c18-12-6-9-14(19)15(10-12)22-16(11-4-2-1-3-5-11)17(21)20-13-7-8-13/h1-6,9-10,13,16H,7-8H2,(H,20,21)/t16-/m1/s1. The summed E-state index contributed by atoms with van der Waals surface area (Å²) in [6, 6.07) is 15.4. The van der Waals surface area contributed by atoms with Crippen molar-refractivity contribution in [2.45, 2.75) is 29.0 Å². The SMILES string of the molecule is O=C(NC1CC1)[C@H](Sc1cc(Cl)ccc1Cl)c1ccccc1. The molecule has 5 heteroatoms. The zero-order valence-electron chi connectivity index (χ0n) is 11.8. The normalized spacial score (nSPS) is 15.4. The molecule has 1 amide bonds. The van der Waals surface area contributed by atoms with Crippen molar-refractivity contribution in [3.63, 3.8) is 0 Å². The zero-order valence-corrected chi connectivity index (χ0v) is 14.1. The van der Waals surface area contributed by atoms with Crippen molar-refractivity contribution in [2.75, 3.05) is 0 Å². The predicted octanol–water partition coefficient (Wildman–Crippen LogP) is 5.11. The number of thioether (sulfide) groups is 1. The van der Waals surface area contributed by atoms with Crippen molar-refractivity contribution in [3.05, 3.63) is 64.1 Å². The molecule has 1 N–H and O–H groups in total. The first-order chi connectivity index (χ1) is 10.6. The van der Waals surface area contributed by atoms with E-state index in [2.05, 4.69) is 5.32 Å². The number of rotatable bonds is 5. The number of hydrogen-bond acceptors (Lipinski definition) is 2. The van der Waals surface area contributed by atoms with Gasteiger partial charge in [0.2, 0.25) is 5.91 Å². The highest BCUT2D eigenvalue weighted by Gasteiger charge is 2.29.